The summed E-state index contributed by atoms with van der Waals surface area (Å²) >= 11 is 0. The van der Waals surface area contributed by atoms with E-state index >= 15 is 0 Å². The van der Waals surface area contributed by atoms with E-state index in [4.69, 9.17) is 16.2 Å². The van der Waals surface area contributed by atoms with Crippen molar-refractivity contribution in [3.63, 3.8) is 0 Å². The second-order valence-corrected chi connectivity index (χ2v) is 14.1. The van der Waals surface area contributed by atoms with Gasteiger partial charge in [0.25, 0.3) is 10.1 Å². The molecule has 10 heteroatoms. The molecule has 232 valence electrons. The van der Waals surface area contributed by atoms with Crippen LogP contribution >= 0.6 is 0 Å². The van der Waals surface area contributed by atoms with Crippen molar-refractivity contribution in [3.05, 3.63) is 106 Å². The average molecular weight is 618 g/mol. The minimum absolute atomic E-state index is 0.0943. The predicted molar refractivity (Wildman–Crippen MR) is 169 cm³/mol. The van der Waals surface area contributed by atoms with E-state index in [2.05, 4.69) is 11.9 Å². The van der Waals surface area contributed by atoms with E-state index in [9.17, 15) is 23.2 Å². The number of rotatable bonds is 4. The summed E-state index contributed by atoms with van der Waals surface area (Å²) in [6, 6.07) is 19.8. The Morgan fingerprint density at radius 2 is 1.66 bits per heavy atom. The van der Waals surface area contributed by atoms with Crippen LogP contribution in [0, 0.1) is 11.8 Å². The van der Waals surface area contributed by atoms with E-state index < -0.39 is 33.6 Å². The SMILES string of the molecule is CC1CCc2cc3ccc2C1CC(S(=O)(=O)O)C1C=C(C(O)c2ccc(O)cc2)CCC1c1ccc(cc1)C(N=C(N)N)O3. The van der Waals surface area contributed by atoms with Gasteiger partial charge in [-0.05, 0) is 102 Å². The first kappa shape index (κ1) is 30.2. The smallest absolute Gasteiger partial charge is 0.268 e. The van der Waals surface area contributed by atoms with Gasteiger partial charge >= 0.3 is 0 Å². The molecule has 3 aromatic rings. The lowest BCUT2D eigenvalue weighted by molar-refractivity contribution is 0.202. The molecule has 5 aliphatic rings. The molecule has 44 heavy (non-hydrogen) atoms. The zero-order valence-corrected chi connectivity index (χ0v) is 25.4. The Morgan fingerprint density at radius 1 is 0.955 bits per heavy atom. The fraction of sp³-hybridized carbons (Fsp3) is 0.382. The van der Waals surface area contributed by atoms with Crippen molar-refractivity contribution in [1.82, 2.24) is 0 Å². The second kappa shape index (κ2) is 11.9. The first-order chi connectivity index (χ1) is 21.0. The van der Waals surface area contributed by atoms with Crippen molar-refractivity contribution < 1.29 is 27.9 Å². The number of phenols is 1. The first-order valence-corrected chi connectivity index (χ1v) is 16.6. The van der Waals surface area contributed by atoms with E-state index in [-0.39, 0.29) is 35.9 Å². The number of phenolic OH excluding ortho intramolecular Hbond substituents is 1. The summed E-state index contributed by atoms with van der Waals surface area (Å²) in [5, 5.41) is 20.0. The van der Waals surface area contributed by atoms with Crippen molar-refractivity contribution in [2.45, 2.75) is 68.4 Å². The number of aliphatic hydroxyl groups excluding tert-OH is 1. The number of hydrogen-bond acceptors (Lipinski definition) is 6. The topological polar surface area (TPSA) is 168 Å². The van der Waals surface area contributed by atoms with Crippen molar-refractivity contribution >= 4 is 16.1 Å². The number of nitrogens with zero attached hydrogens (tertiary/aromatic N) is 1. The maximum Gasteiger partial charge on any atom is 0.268 e. The van der Waals surface area contributed by atoms with Crippen LogP contribution in [-0.4, -0.2) is 34.4 Å². The van der Waals surface area contributed by atoms with Gasteiger partial charge in [-0.15, -0.1) is 0 Å². The summed E-state index contributed by atoms with van der Waals surface area (Å²) in [7, 11) is -4.51. The number of nitrogens with two attached hydrogens (primary N) is 2. The zero-order valence-electron chi connectivity index (χ0n) is 24.6. The summed E-state index contributed by atoms with van der Waals surface area (Å²) in [6.07, 6.45) is 3.16. The maximum atomic E-state index is 13.3. The molecule has 0 aromatic heterocycles. The normalized spacial score (nSPS) is 27.2. The molecular weight excluding hydrogens is 578 g/mol. The number of ether oxygens (including phenoxy) is 1. The molecule has 9 nitrogen and oxygen atoms in total. The van der Waals surface area contributed by atoms with Gasteiger partial charge in [0.05, 0.1) is 5.25 Å². The highest BCUT2D eigenvalue weighted by molar-refractivity contribution is 7.86. The molecule has 0 saturated heterocycles. The molecule has 0 fully saturated rings. The van der Waals surface area contributed by atoms with E-state index in [0.717, 1.165) is 35.1 Å². The van der Waals surface area contributed by atoms with Crippen molar-refractivity contribution in [1.29, 1.82) is 0 Å². The lowest BCUT2D eigenvalue weighted by atomic mass is 9.69. The van der Waals surface area contributed by atoms with Crippen LogP contribution in [0.4, 0.5) is 0 Å². The van der Waals surface area contributed by atoms with Crippen LogP contribution in [0.25, 0.3) is 0 Å². The highest BCUT2D eigenvalue weighted by Crippen LogP contribution is 2.48. The molecule has 7 unspecified atom stereocenters. The van der Waals surface area contributed by atoms with Gasteiger partial charge in [-0.3, -0.25) is 4.55 Å². The molecule has 2 aliphatic carbocycles. The molecule has 7 N–H and O–H groups in total. The zero-order chi connectivity index (χ0) is 31.2. The van der Waals surface area contributed by atoms with Gasteiger partial charge in [0.15, 0.2) is 5.96 Å². The minimum Gasteiger partial charge on any atom is -0.508 e. The lowest BCUT2D eigenvalue weighted by Crippen LogP contribution is -2.37. The largest absolute Gasteiger partial charge is 0.508 e. The third kappa shape index (κ3) is 6.06. The predicted octanol–water partition coefficient (Wildman–Crippen LogP) is 5.22. The number of aromatic hydroxyl groups is 1. The Labute approximate surface area is 258 Å². The minimum atomic E-state index is -4.51. The summed E-state index contributed by atoms with van der Waals surface area (Å²) in [5.74, 6) is -0.148. The number of guanidine groups is 1. The fourth-order valence-electron chi connectivity index (χ4n) is 7.37. The summed E-state index contributed by atoms with van der Waals surface area (Å²) in [5.41, 5.74) is 16.6. The van der Waals surface area contributed by atoms with Crippen LogP contribution in [0.15, 0.2) is 83.4 Å². The van der Waals surface area contributed by atoms with Crippen LogP contribution < -0.4 is 16.2 Å². The molecule has 3 aromatic carbocycles. The second-order valence-electron chi connectivity index (χ2n) is 12.4. The third-order valence-corrected chi connectivity index (χ3v) is 11.0. The van der Waals surface area contributed by atoms with Crippen molar-refractivity contribution in [2.24, 2.45) is 28.3 Å². The number of aliphatic imine (C=N–C) groups is 1. The fourth-order valence-corrected chi connectivity index (χ4v) is 8.48. The number of benzene rings is 3. The monoisotopic (exact) mass is 617 g/mol. The van der Waals surface area contributed by atoms with Gasteiger partial charge in [-0.25, -0.2) is 4.99 Å². The van der Waals surface area contributed by atoms with Crippen LogP contribution in [0.3, 0.4) is 0 Å². The Hall–Kier alpha value is -3.86. The van der Waals surface area contributed by atoms with E-state index in [1.165, 1.54) is 12.1 Å². The van der Waals surface area contributed by atoms with Crippen molar-refractivity contribution in [2.75, 3.05) is 0 Å². The van der Waals surface area contributed by atoms with Crippen LogP contribution in [0.2, 0.25) is 0 Å². The van der Waals surface area contributed by atoms with Gasteiger partial charge in [0.1, 0.15) is 17.6 Å². The van der Waals surface area contributed by atoms with E-state index in [1.54, 1.807) is 12.1 Å². The van der Waals surface area contributed by atoms with E-state index in [0.29, 0.717) is 29.7 Å². The molecule has 0 spiro atoms. The number of aryl methyl sites for hydroxylation is 1. The van der Waals surface area contributed by atoms with Crippen LogP contribution in [0.5, 0.6) is 11.5 Å². The quantitative estimate of drug-likeness (QED) is 0.115. The summed E-state index contributed by atoms with van der Waals surface area (Å²) < 4.78 is 43.8. The molecule has 3 heterocycles. The van der Waals surface area contributed by atoms with E-state index in [1.807, 2.05) is 48.5 Å². The van der Waals surface area contributed by atoms with Gasteiger partial charge < -0.3 is 26.4 Å². The highest BCUT2D eigenvalue weighted by atomic mass is 32.2. The third-order valence-electron chi connectivity index (χ3n) is 9.71. The highest BCUT2D eigenvalue weighted by Gasteiger charge is 2.43. The van der Waals surface area contributed by atoms with Crippen LogP contribution in [0.1, 0.15) is 84.6 Å². The Bertz CT molecular complexity index is 1680. The molecule has 0 amide bonds. The van der Waals surface area contributed by atoms with Crippen molar-refractivity contribution in [3.8, 4) is 11.5 Å². The molecule has 6 bridgehead atoms. The number of aliphatic hydroxyl groups is 1. The lowest BCUT2D eigenvalue weighted by Gasteiger charge is -2.39. The Balaban J connectivity index is 1.51. The Morgan fingerprint density at radius 3 is 2.34 bits per heavy atom. The molecule has 8 rings (SSSR count). The molecule has 0 saturated carbocycles. The van der Waals surface area contributed by atoms with Gasteiger partial charge in [-0.2, -0.15) is 8.42 Å². The average Bonchev–Trinajstić information content (AvgIpc) is 3.00. The standard InChI is InChI=1S/C34H39N3O6S/c1-19-2-3-23-16-26-13-15-28(23)29(19)18-31(44(40,41)42)30-17-24(32(39)21-8-11-25(38)12-9-21)10-14-27(30)20-4-6-22(7-5-20)33(43-26)37-34(35)36/h4-9,11-13,15-17,19,27,29-33,38-39H,2-3,10,14,18H2,1H3,(H4,35,36,37)(H,40,41,42). The molecule has 3 aliphatic heterocycles. The molecular formula is C34H39N3O6S. The van der Waals surface area contributed by atoms with Gasteiger partial charge in [0, 0.05) is 11.5 Å². The maximum absolute atomic E-state index is 13.3. The number of fused-ring (bicyclic) bond motifs is 2. The van der Waals surface area contributed by atoms with Gasteiger partial charge in [0.2, 0.25) is 6.23 Å². The Kier molecular flexibility index (Phi) is 8.17. The van der Waals surface area contributed by atoms with Gasteiger partial charge in [-0.1, -0.05) is 55.5 Å². The summed E-state index contributed by atoms with van der Waals surface area (Å²) in [4.78, 5) is 4.34. The number of allylic oxidation sites excluding steroid dienone is 1. The first-order valence-electron chi connectivity index (χ1n) is 15.1. The summed E-state index contributed by atoms with van der Waals surface area (Å²) in [6.45, 7) is 2.13. The molecule has 7 atom stereocenters. The molecule has 0 radical (unpaired) electrons. The van der Waals surface area contributed by atoms with Crippen LogP contribution in [-0.2, 0) is 16.5 Å². The number of hydrogen-bond donors (Lipinski definition) is 5.